The molecule has 0 aromatic carbocycles. The van der Waals surface area contributed by atoms with Crippen molar-refractivity contribution in [2.24, 2.45) is 5.92 Å². The fourth-order valence-electron chi connectivity index (χ4n) is 4.54. The highest BCUT2D eigenvalue weighted by atomic mass is 32.2. The first-order valence-electron chi connectivity index (χ1n) is 10.8. The zero-order valence-electron chi connectivity index (χ0n) is 17.7. The number of aliphatic hydroxyl groups excluding tert-OH is 3. The first-order valence-corrected chi connectivity index (χ1v) is 12.1. The monoisotopic (exact) mass is 431 g/mol. The molecule has 3 rings (SSSR count). The van der Waals surface area contributed by atoms with Crippen LogP contribution in [-0.2, 0) is 9.53 Å². The Labute approximate surface area is 177 Å². The number of likely N-dealkylation sites (tertiary alicyclic amines) is 1. The van der Waals surface area contributed by atoms with Crippen LogP contribution in [0.25, 0.3) is 0 Å². The highest BCUT2D eigenvalue weighted by Gasteiger charge is 2.47. The Morgan fingerprint density at radius 2 is 1.97 bits per heavy atom. The van der Waals surface area contributed by atoms with Gasteiger partial charge in [-0.3, -0.25) is 9.69 Å². The third kappa shape index (κ3) is 5.64. The maximum atomic E-state index is 13.1. The molecule has 1 aliphatic carbocycles. The smallest absolute Gasteiger partial charge is 0.237 e. The summed E-state index contributed by atoms with van der Waals surface area (Å²) in [5.74, 6) is 0.462. The van der Waals surface area contributed by atoms with Crippen LogP contribution in [0.2, 0.25) is 0 Å². The third-order valence-corrected chi connectivity index (χ3v) is 7.26. The largest absolute Gasteiger partial charge is 0.388 e. The van der Waals surface area contributed by atoms with Crippen LogP contribution in [0.1, 0.15) is 39.0 Å². The van der Waals surface area contributed by atoms with E-state index >= 15 is 0 Å². The van der Waals surface area contributed by atoms with Crippen molar-refractivity contribution in [2.75, 3.05) is 26.4 Å². The maximum absolute atomic E-state index is 13.1. The summed E-state index contributed by atoms with van der Waals surface area (Å²) in [5, 5.41) is 37.5. The lowest BCUT2D eigenvalue weighted by Gasteiger charge is -2.43. The van der Waals surface area contributed by atoms with Crippen molar-refractivity contribution >= 4 is 17.7 Å². The van der Waals surface area contributed by atoms with Crippen molar-refractivity contribution in [2.45, 2.75) is 87.0 Å². The predicted molar refractivity (Wildman–Crippen MR) is 113 cm³/mol. The molecule has 0 aromatic rings. The number of carbonyl (C=O) groups is 1. The molecule has 1 saturated carbocycles. The first-order chi connectivity index (χ1) is 13.8. The average molecular weight is 432 g/mol. The number of aliphatic hydroxyl groups is 3. The summed E-state index contributed by atoms with van der Waals surface area (Å²) in [5.41, 5.74) is -0.651. The molecule has 8 atom stereocenters. The number of thioether (sulfide) groups is 1. The molecule has 0 aromatic heterocycles. The van der Waals surface area contributed by atoms with Gasteiger partial charge < -0.3 is 30.7 Å². The van der Waals surface area contributed by atoms with Gasteiger partial charge >= 0.3 is 0 Å². The van der Waals surface area contributed by atoms with Crippen molar-refractivity contribution in [1.29, 1.82) is 0 Å². The van der Waals surface area contributed by atoms with Gasteiger partial charge in [-0.15, -0.1) is 11.8 Å². The Morgan fingerprint density at radius 1 is 1.24 bits per heavy atom. The number of ether oxygens (including phenoxy) is 1. The number of carbonyl (C=O) groups excluding carboxylic acids is 1. The Hall–Kier alpha value is -0.420. The predicted octanol–water partition coefficient (Wildman–Crippen LogP) is -0.486. The number of rotatable bonds is 9. The van der Waals surface area contributed by atoms with E-state index in [1.54, 1.807) is 6.26 Å². The highest BCUT2D eigenvalue weighted by Crippen LogP contribution is 2.30. The molecule has 2 heterocycles. The van der Waals surface area contributed by atoms with Crippen LogP contribution in [0, 0.1) is 5.92 Å². The maximum Gasteiger partial charge on any atom is 0.237 e. The second kappa shape index (κ2) is 10.3. The SMILES string of the molecule is CCC[C@@H]1C[C@@H](C(=O)N[C@@H](CNC2CC2)[C@H]2OC(SC)[C@H](O)[C@H](O)C2O)N(C)C1. The summed E-state index contributed by atoms with van der Waals surface area (Å²) >= 11 is 1.28. The molecule has 29 heavy (non-hydrogen) atoms. The molecule has 0 bridgehead atoms. The van der Waals surface area contributed by atoms with Gasteiger partial charge in [0, 0.05) is 19.1 Å². The number of nitrogens with zero attached hydrogens (tertiary/aromatic N) is 1. The molecule has 168 valence electrons. The van der Waals surface area contributed by atoms with Crippen LogP contribution in [0.3, 0.4) is 0 Å². The molecule has 0 spiro atoms. The zero-order chi connectivity index (χ0) is 21.1. The fourth-order valence-corrected chi connectivity index (χ4v) is 5.22. The fraction of sp³-hybridized carbons (Fsp3) is 0.950. The molecule has 2 unspecified atom stereocenters. The van der Waals surface area contributed by atoms with Crippen LogP contribution in [0.4, 0.5) is 0 Å². The van der Waals surface area contributed by atoms with Gasteiger partial charge in [-0.05, 0) is 44.9 Å². The summed E-state index contributed by atoms with van der Waals surface area (Å²) in [6.07, 6.45) is 2.52. The number of hydrogen-bond acceptors (Lipinski definition) is 8. The molecule has 0 radical (unpaired) electrons. The lowest BCUT2D eigenvalue weighted by molar-refractivity contribution is -0.205. The number of nitrogens with one attached hydrogen (secondary N) is 2. The van der Waals surface area contributed by atoms with Gasteiger partial charge in [-0.2, -0.15) is 0 Å². The number of hydrogen-bond donors (Lipinski definition) is 5. The number of likely N-dealkylation sites (N-methyl/N-ethyl adjacent to an activating group) is 1. The quantitative estimate of drug-likeness (QED) is 0.332. The van der Waals surface area contributed by atoms with E-state index in [0.717, 1.165) is 38.6 Å². The van der Waals surface area contributed by atoms with Crippen molar-refractivity contribution in [3.8, 4) is 0 Å². The Morgan fingerprint density at radius 3 is 2.59 bits per heavy atom. The molecular weight excluding hydrogens is 394 g/mol. The van der Waals surface area contributed by atoms with Crippen molar-refractivity contribution in [1.82, 2.24) is 15.5 Å². The standard InChI is InChI=1S/C20H37N3O5S/c1-4-5-11-8-14(23(2)10-11)19(27)22-13(9-21-12-6-7-12)18-16(25)15(24)17(26)20(28-18)29-3/h11-18,20-21,24-26H,4-10H2,1-3H3,(H,22,27)/t11-,13+,14+,15-,16?,17-,18-,20?/m1/s1. The van der Waals surface area contributed by atoms with E-state index in [1.807, 2.05) is 7.05 Å². The molecule has 5 N–H and O–H groups in total. The van der Waals surface area contributed by atoms with Crippen LogP contribution in [-0.4, -0.2) is 100 Å². The van der Waals surface area contributed by atoms with Gasteiger partial charge in [-0.25, -0.2) is 0 Å². The van der Waals surface area contributed by atoms with E-state index in [-0.39, 0.29) is 11.9 Å². The number of amides is 1. The topological polar surface area (TPSA) is 114 Å². The van der Waals surface area contributed by atoms with Crippen molar-refractivity contribution in [3.05, 3.63) is 0 Å². The van der Waals surface area contributed by atoms with Gasteiger partial charge in [0.25, 0.3) is 0 Å². The first kappa shape index (κ1) is 23.2. The van der Waals surface area contributed by atoms with Gasteiger partial charge in [0.05, 0.1) is 12.1 Å². The second-order valence-electron chi connectivity index (χ2n) is 8.82. The Bertz CT molecular complexity index is 550. The molecule has 2 aliphatic heterocycles. The minimum Gasteiger partial charge on any atom is -0.388 e. The van der Waals surface area contributed by atoms with E-state index in [9.17, 15) is 20.1 Å². The molecule has 9 heteroatoms. The van der Waals surface area contributed by atoms with Gasteiger partial charge in [-0.1, -0.05) is 13.3 Å². The highest BCUT2D eigenvalue weighted by molar-refractivity contribution is 7.99. The lowest BCUT2D eigenvalue weighted by atomic mass is 9.94. The molecule has 3 aliphatic rings. The molecule has 1 amide bonds. The van der Waals surface area contributed by atoms with E-state index in [2.05, 4.69) is 22.5 Å². The van der Waals surface area contributed by atoms with Crippen molar-refractivity contribution in [3.63, 3.8) is 0 Å². The minimum atomic E-state index is -1.31. The van der Waals surface area contributed by atoms with Gasteiger partial charge in [0.15, 0.2) is 0 Å². The van der Waals surface area contributed by atoms with Crippen LogP contribution >= 0.6 is 11.8 Å². The molecule has 8 nitrogen and oxygen atoms in total. The summed E-state index contributed by atoms with van der Waals surface area (Å²) in [6.45, 7) is 3.53. The normalized spacial score (nSPS) is 39.4. The molecular formula is C20H37N3O5S. The lowest BCUT2D eigenvalue weighted by Crippen LogP contribution is -2.65. The zero-order valence-corrected chi connectivity index (χ0v) is 18.5. The van der Waals surface area contributed by atoms with E-state index in [0.29, 0.717) is 18.5 Å². The van der Waals surface area contributed by atoms with Crippen molar-refractivity contribution < 1.29 is 24.9 Å². The summed E-state index contributed by atoms with van der Waals surface area (Å²) < 4.78 is 5.93. The van der Waals surface area contributed by atoms with Crippen LogP contribution in [0.15, 0.2) is 0 Å². The van der Waals surface area contributed by atoms with Crippen LogP contribution < -0.4 is 10.6 Å². The minimum absolute atomic E-state index is 0.0641. The van der Waals surface area contributed by atoms with Gasteiger partial charge in [0.1, 0.15) is 29.9 Å². The van der Waals surface area contributed by atoms with Gasteiger partial charge in [0.2, 0.25) is 5.91 Å². The second-order valence-corrected chi connectivity index (χ2v) is 9.76. The van der Waals surface area contributed by atoms with E-state index in [4.69, 9.17) is 4.74 Å². The Balaban J connectivity index is 1.68. The third-order valence-electron chi connectivity index (χ3n) is 6.40. The van der Waals surface area contributed by atoms with E-state index < -0.39 is 35.9 Å². The average Bonchev–Trinajstić information content (AvgIpc) is 3.45. The van der Waals surface area contributed by atoms with E-state index in [1.165, 1.54) is 11.8 Å². The summed E-state index contributed by atoms with van der Waals surface area (Å²) in [4.78, 5) is 15.2. The molecule has 3 fully saturated rings. The molecule has 2 saturated heterocycles. The van der Waals surface area contributed by atoms with Crippen LogP contribution in [0.5, 0.6) is 0 Å². The summed E-state index contributed by atoms with van der Waals surface area (Å²) in [6, 6.07) is -0.249. The summed E-state index contributed by atoms with van der Waals surface area (Å²) in [7, 11) is 1.98. The Kier molecular flexibility index (Phi) is 8.22.